The van der Waals surface area contributed by atoms with Gasteiger partial charge >= 0.3 is 0 Å². The van der Waals surface area contributed by atoms with E-state index >= 15 is 0 Å². The van der Waals surface area contributed by atoms with Crippen molar-refractivity contribution in [2.75, 3.05) is 19.6 Å². The minimum atomic E-state index is -0.446. The molecule has 1 saturated heterocycles. The molecule has 0 spiro atoms. The number of carbonyl (C=O) groups is 1. The lowest BCUT2D eigenvalue weighted by Gasteiger charge is -2.18. The van der Waals surface area contributed by atoms with Gasteiger partial charge < -0.3 is 15.7 Å². The highest BCUT2D eigenvalue weighted by Crippen LogP contribution is 2.15. The van der Waals surface area contributed by atoms with Crippen LogP contribution < -0.4 is 10.6 Å². The Morgan fingerprint density at radius 1 is 1.53 bits per heavy atom. The van der Waals surface area contributed by atoms with E-state index < -0.39 is 6.10 Å². The molecular formula is C11H22N2O2. The predicted molar refractivity (Wildman–Crippen MR) is 59.4 cm³/mol. The van der Waals surface area contributed by atoms with Crippen LogP contribution in [0.1, 0.15) is 20.8 Å². The van der Waals surface area contributed by atoms with Crippen LogP contribution in [0.15, 0.2) is 0 Å². The molecule has 3 atom stereocenters. The molecule has 3 unspecified atom stereocenters. The molecule has 3 N–H and O–H groups in total. The Bertz CT molecular complexity index is 219. The van der Waals surface area contributed by atoms with Crippen LogP contribution in [-0.4, -0.2) is 36.8 Å². The lowest BCUT2D eigenvalue weighted by Crippen LogP contribution is -2.40. The largest absolute Gasteiger partial charge is 0.391 e. The molecule has 1 fully saturated rings. The molecule has 15 heavy (non-hydrogen) atoms. The summed E-state index contributed by atoms with van der Waals surface area (Å²) in [6.45, 7) is 7.98. The number of hydrogen-bond donors (Lipinski definition) is 3. The van der Waals surface area contributed by atoms with Gasteiger partial charge in [-0.3, -0.25) is 4.79 Å². The van der Waals surface area contributed by atoms with Crippen molar-refractivity contribution in [3.63, 3.8) is 0 Å². The van der Waals surface area contributed by atoms with Crippen molar-refractivity contribution < 1.29 is 9.90 Å². The number of nitrogens with one attached hydrogen (secondary N) is 2. The molecule has 0 aromatic rings. The molecule has 0 saturated carbocycles. The van der Waals surface area contributed by atoms with Crippen molar-refractivity contribution in [3.05, 3.63) is 0 Å². The third-order valence-electron chi connectivity index (χ3n) is 3.11. The summed E-state index contributed by atoms with van der Waals surface area (Å²) in [5.74, 6) is 0.696. The maximum Gasteiger partial charge on any atom is 0.224 e. The summed E-state index contributed by atoms with van der Waals surface area (Å²) in [6, 6.07) is 0. The second-order valence-corrected chi connectivity index (χ2v) is 4.80. The molecule has 1 heterocycles. The molecule has 1 rings (SSSR count). The highest BCUT2D eigenvalue weighted by Gasteiger charge is 2.29. The van der Waals surface area contributed by atoms with Crippen LogP contribution in [0.5, 0.6) is 0 Å². The number of aliphatic hydroxyl groups is 1. The van der Waals surface area contributed by atoms with Gasteiger partial charge in [0.25, 0.3) is 0 Å². The average Bonchev–Trinajstić information content (AvgIpc) is 2.60. The van der Waals surface area contributed by atoms with Crippen LogP contribution in [0.3, 0.4) is 0 Å². The van der Waals surface area contributed by atoms with Gasteiger partial charge in [0.1, 0.15) is 0 Å². The molecule has 0 aromatic heterocycles. The standard InChI is InChI=1S/C11H22N2O2/c1-7(2)10(14)6-13-11(15)9-5-12-4-8(9)3/h7-10,12,14H,4-6H2,1-3H3,(H,13,15). The first kappa shape index (κ1) is 12.5. The summed E-state index contributed by atoms with van der Waals surface area (Å²) in [7, 11) is 0. The van der Waals surface area contributed by atoms with Gasteiger partial charge in [0, 0.05) is 13.1 Å². The highest BCUT2D eigenvalue weighted by molar-refractivity contribution is 5.79. The van der Waals surface area contributed by atoms with E-state index in [0.717, 1.165) is 13.1 Å². The van der Waals surface area contributed by atoms with E-state index in [1.807, 2.05) is 13.8 Å². The first-order valence-corrected chi connectivity index (χ1v) is 5.69. The minimum Gasteiger partial charge on any atom is -0.391 e. The van der Waals surface area contributed by atoms with Gasteiger partial charge in [-0.25, -0.2) is 0 Å². The summed E-state index contributed by atoms with van der Waals surface area (Å²) in [5, 5.41) is 15.6. The second-order valence-electron chi connectivity index (χ2n) is 4.80. The molecule has 1 aliphatic heterocycles. The van der Waals surface area contributed by atoms with Gasteiger partial charge in [0.05, 0.1) is 12.0 Å². The number of aliphatic hydroxyl groups excluding tert-OH is 1. The van der Waals surface area contributed by atoms with Gasteiger partial charge in [-0.15, -0.1) is 0 Å². The van der Waals surface area contributed by atoms with E-state index in [0.29, 0.717) is 12.5 Å². The summed E-state index contributed by atoms with van der Waals surface area (Å²) in [6.07, 6.45) is -0.446. The summed E-state index contributed by atoms with van der Waals surface area (Å²) in [5.41, 5.74) is 0. The van der Waals surface area contributed by atoms with E-state index in [1.165, 1.54) is 0 Å². The second kappa shape index (κ2) is 5.47. The van der Waals surface area contributed by atoms with Crippen molar-refractivity contribution in [1.82, 2.24) is 10.6 Å². The van der Waals surface area contributed by atoms with Crippen molar-refractivity contribution in [2.24, 2.45) is 17.8 Å². The lowest BCUT2D eigenvalue weighted by atomic mass is 9.97. The van der Waals surface area contributed by atoms with Crippen molar-refractivity contribution in [3.8, 4) is 0 Å². The van der Waals surface area contributed by atoms with Crippen molar-refractivity contribution >= 4 is 5.91 Å². The fraction of sp³-hybridized carbons (Fsp3) is 0.909. The van der Waals surface area contributed by atoms with Gasteiger partial charge in [0.15, 0.2) is 0 Å². The third kappa shape index (κ3) is 3.47. The number of amides is 1. The van der Waals surface area contributed by atoms with E-state index in [4.69, 9.17) is 0 Å². The topological polar surface area (TPSA) is 61.4 Å². The van der Waals surface area contributed by atoms with Crippen LogP contribution >= 0.6 is 0 Å². The number of carbonyl (C=O) groups excluding carboxylic acids is 1. The number of hydrogen-bond acceptors (Lipinski definition) is 3. The Labute approximate surface area is 91.4 Å². The van der Waals surface area contributed by atoms with E-state index in [2.05, 4.69) is 17.6 Å². The quantitative estimate of drug-likeness (QED) is 0.616. The fourth-order valence-corrected chi connectivity index (χ4v) is 1.73. The van der Waals surface area contributed by atoms with E-state index in [-0.39, 0.29) is 17.7 Å². The lowest BCUT2D eigenvalue weighted by molar-refractivity contribution is -0.126. The molecule has 4 nitrogen and oxygen atoms in total. The van der Waals surface area contributed by atoms with Gasteiger partial charge in [-0.1, -0.05) is 20.8 Å². The summed E-state index contributed by atoms with van der Waals surface area (Å²) < 4.78 is 0. The first-order valence-electron chi connectivity index (χ1n) is 5.69. The van der Waals surface area contributed by atoms with Crippen molar-refractivity contribution in [2.45, 2.75) is 26.9 Å². The third-order valence-corrected chi connectivity index (χ3v) is 3.11. The number of rotatable bonds is 4. The zero-order chi connectivity index (χ0) is 11.4. The van der Waals surface area contributed by atoms with Gasteiger partial charge in [-0.05, 0) is 18.4 Å². The summed E-state index contributed by atoms with van der Waals surface area (Å²) in [4.78, 5) is 11.7. The van der Waals surface area contributed by atoms with Crippen LogP contribution in [0.25, 0.3) is 0 Å². The van der Waals surface area contributed by atoms with E-state index in [9.17, 15) is 9.90 Å². The van der Waals surface area contributed by atoms with Crippen LogP contribution in [0.2, 0.25) is 0 Å². The molecular weight excluding hydrogens is 192 g/mol. The Kier molecular flexibility index (Phi) is 4.54. The molecule has 1 aliphatic rings. The minimum absolute atomic E-state index is 0.0596. The van der Waals surface area contributed by atoms with Crippen LogP contribution in [-0.2, 0) is 4.79 Å². The van der Waals surface area contributed by atoms with Crippen molar-refractivity contribution in [1.29, 1.82) is 0 Å². The molecule has 0 radical (unpaired) electrons. The van der Waals surface area contributed by atoms with E-state index in [1.54, 1.807) is 0 Å². The monoisotopic (exact) mass is 214 g/mol. The average molecular weight is 214 g/mol. The van der Waals surface area contributed by atoms with Gasteiger partial charge in [-0.2, -0.15) is 0 Å². The van der Waals surface area contributed by atoms with Gasteiger partial charge in [0.2, 0.25) is 5.91 Å². The maximum atomic E-state index is 11.7. The molecule has 0 bridgehead atoms. The van der Waals surface area contributed by atoms with Crippen LogP contribution in [0, 0.1) is 17.8 Å². The smallest absolute Gasteiger partial charge is 0.224 e. The highest BCUT2D eigenvalue weighted by atomic mass is 16.3. The Morgan fingerprint density at radius 2 is 2.20 bits per heavy atom. The Hall–Kier alpha value is -0.610. The molecule has 4 heteroatoms. The summed E-state index contributed by atoms with van der Waals surface area (Å²) >= 11 is 0. The molecule has 0 aliphatic carbocycles. The normalized spacial score (nSPS) is 28.1. The maximum absolute atomic E-state index is 11.7. The SMILES string of the molecule is CC(C)C(O)CNC(=O)C1CNCC1C. The van der Waals surface area contributed by atoms with Crippen LogP contribution in [0.4, 0.5) is 0 Å². The zero-order valence-electron chi connectivity index (χ0n) is 9.79. The zero-order valence-corrected chi connectivity index (χ0v) is 9.79. The molecule has 1 amide bonds. The first-order chi connectivity index (χ1) is 7.02. The molecule has 0 aromatic carbocycles. The molecule has 88 valence electrons. The fourth-order valence-electron chi connectivity index (χ4n) is 1.73. The predicted octanol–water partition coefficient (Wildman–Crippen LogP) is -0.0250. The Morgan fingerprint density at radius 3 is 2.67 bits per heavy atom. The Balaban J connectivity index is 2.29.